The van der Waals surface area contributed by atoms with Gasteiger partial charge in [-0.05, 0) is 61.1 Å². The van der Waals surface area contributed by atoms with Crippen molar-refractivity contribution in [3.8, 4) is 0 Å². The predicted molar refractivity (Wildman–Crippen MR) is 129 cm³/mol. The van der Waals surface area contributed by atoms with Crippen molar-refractivity contribution >= 4 is 17.6 Å². The lowest BCUT2D eigenvalue weighted by Gasteiger charge is -2.34. The molecule has 2 heterocycles. The summed E-state index contributed by atoms with van der Waals surface area (Å²) in [4.78, 5) is 28.6. The molecule has 3 aromatic carbocycles. The van der Waals surface area contributed by atoms with E-state index in [4.69, 9.17) is 9.47 Å². The van der Waals surface area contributed by atoms with Gasteiger partial charge in [0.1, 0.15) is 0 Å². The van der Waals surface area contributed by atoms with Crippen LogP contribution in [0.15, 0.2) is 91.0 Å². The molecule has 2 saturated heterocycles. The van der Waals surface area contributed by atoms with Crippen LogP contribution in [0, 0.1) is 11.8 Å². The van der Waals surface area contributed by atoms with Crippen molar-refractivity contribution in [2.45, 2.75) is 43.6 Å². The molecule has 2 aliphatic heterocycles. The maximum atomic E-state index is 13.1. The van der Waals surface area contributed by atoms with Crippen LogP contribution < -0.4 is 4.90 Å². The minimum Gasteiger partial charge on any atom is -0.453 e. The summed E-state index contributed by atoms with van der Waals surface area (Å²) in [6.07, 6.45) is 2.32. The van der Waals surface area contributed by atoms with Gasteiger partial charge in [-0.25, -0.2) is 9.59 Å². The summed E-state index contributed by atoms with van der Waals surface area (Å²) in [5.41, 5.74) is 2.10. The minimum absolute atomic E-state index is 0.0128. The third-order valence-corrected chi connectivity index (χ3v) is 7.70. The van der Waals surface area contributed by atoms with E-state index >= 15 is 0 Å². The summed E-state index contributed by atoms with van der Waals surface area (Å²) in [5, 5.41) is 0. The molecule has 0 spiro atoms. The number of rotatable bonds is 5. The molecular formula is C29H27NO4. The number of carbonyl (C=O) groups excluding carboxylic acids is 2. The number of anilines is 1. The zero-order chi connectivity index (χ0) is 23.1. The molecule has 3 aromatic rings. The molecule has 6 rings (SSSR count). The largest absolute Gasteiger partial charge is 0.453 e. The molecule has 0 amide bonds. The summed E-state index contributed by atoms with van der Waals surface area (Å²) in [5.74, 6) is 0.0962. The number of ether oxygens (including phenoxy) is 2. The van der Waals surface area contributed by atoms with Crippen LogP contribution in [-0.4, -0.2) is 36.2 Å². The molecule has 0 N–H and O–H groups in total. The monoisotopic (exact) mass is 453 g/mol. The second-order valence-electron chi connectivity index (χ2n) is 9.45. The van der Waals surface area contributed by atoms with Crippen molar-refractivity contribution in [1.82, 2.24) is 0 Å². The second kappa shape index (κ2) is 8.64. The van der Waals surface area contributed by atoms with Crippen LogP contribution in [0.3, 0.4) is 0 Å². The van der Waals surface area contributed by atoms with E-state index in [1.165, 1.54) is 0 Å². The van der Waals surface area contributed by atoms with Gasteiger partial charge in [-0.3, -0.25) is 0 Å². The topological polar surface area (TPSA) is 55.8 Å². The molecule has 172 valence electrons. The van der Waals surface area contributed by atoms with Gasteiger partial charge in [0.15, 0.2) is 12.2 Å². The third kappa shape index (κ3) is 3.47. The fourth-order valence-electron chi connectivity index (χ4n) is 6.42. The van der Waals surface area contributed by atoms with Gasteiger partial charge in [0, 0.05) is 5.69 Å². The summed E-state index contributed by atoms with van der Waals surface area (Å²) in [6.45, 7) is 0. The minimum atomic E-state index is -0.523. The summed E-state index contributed by atoms with van der Waals surface area (Å²) < 4.78 is 12.4. The normalized spacial score (nSPS) is 29.0. The van der Waals surface area contributed by atoms with Crippen molar-refractivity contribution in [1.29, 1.82) is 0 Å². The Balaban J connectivity index is 1.37. The molecule has 3 aliphatic rings. The van der Waals surface area contributed by atoms with Gasteiger partial charge in [0.2, 0.25) is 0 Å². The molecule has 1 aliphatic carbocycles. The van der Waals surface area contributed by atoms with Crippen LogP contribution >= 0.6 is 0 Å². The Hall–Kier alpha value is -3.60. The molecule has 1 saturated carbocycles. The fraction of sp³-hybridized carbons (Fsp3) is 0.310. The van der Waals surface area contributed by atoms with Crippen LogP contribution in [0.25, 0.3) is 0 Å². The molecule has 0 aromatic heterocycles. The van der Waals surface area contributed by atoms with E-state index in [2.05, 4.69) is 17.0 Å². The number of hydrogen-bond donors (Lipinski definition) is 0. The molecule has 6 unspecified atom stereocenters. The smallest absolute Gasteiger partial charge is 0.338 e. The van der Waals surface area contributed by atoms with Crippen molar-refractivity contribution in [3.05, 3.63) is 102 Å². The molecule has 6 atom stereocenters. The van der Waals surface area contributed by atoms with E-state index in [0.717, 1.165) is 24.9 Å². The quantitative estimate of drug-likeness (QED) is 0.502. The molecule has 0 radical (unpaired) electrons. The Morgan fingerprint density at radius 1 is 0.618 bits per heavy atom. The summed E-state index contributed by atoms with van der Waals surface area (Å²) in [7, 11) is 0. The highest BCUT2D eigenvalue weighted by molar-refractivity contribution is 5.90. The first-order valence-electron chi connectivity index (χ1n) is 12.1. The van der Waals surface area contributed by atoms with Gasteiger partial charge in [-0.1, -0.05) is 61.0 Å². The van der Waals surface area contributed by atoms with E-state index in [9.17, 15) is 9.59 Å². The van der Waals surface area contributed by atoms with E-state index in [-0.39, 0.29) is 24.0 Å². The molecular weight excluding hydrogens is 426 g/mol. The first-order chi connectivity index (χ1) is 16.7. The standard InChI is InChI=1S/C29H27NO4/c31-28(19-11-4-1-5-12-19)33-26-24-22-17-10-18-23(22)25(30(24)21-15-8-3-9-16-21)27(26)34-29(32)20-13-6-2-7-14-20/h1-9,11-16,22-27H,10,17-18H2. The lowest BCUT2D eigenvalue weighted by molar-refractivity contribution is -0.0540. The number of esters is 2. The van der Waals surface area contributed by atoms with Gasteiger partial charge < -0.3 is 14.4 Å². The van der Waals surface area contributed by atoms with Crippen molar-refractivity contribution in [2.24, 2.45) is 11.8 Å². The fourth-order valence-corrected chi connectivity index (χ4v) is 6.42. The molecule has 3 fully saturated rings. The highest BCUT2D eigenvalue weighted by Gasteiger charge is 2.66. The SMILES string of the molecule is O=C(OC1C(OC(=O)c2ccccc2)C2C3CCCC3C1N2c1ccccc1)c1ccccc1. The van der Waals surface area contributed by atoms with Crippen LogP contribution in [-0.2, 0) is 9.47 Å². The van der Waals surface area contributed by atoms with Gasteiger partial charge in [0.25, 0.3) is 0 Å². The Morgan fingerprint density at radius 3 is 1.47 bits per heavy atom. The maximum absolute atomic E-state index is 13.1. The van der Waals surface area contributed by atoms with E-state index in [0.29, 0.717) is 23.0 Å². The van der Waals surface area contributed by atoms with Crippen LogP contribution in [0.5, 0.6) is 0 Å². The average Bonchev–Trinajstić information content (AvgIpc) is 3.56. The Bertz CT molecular complexity index is 1090. The van der Waals surface area contributed by atoms with Crippen LogP contribution in [0.2, 0.25) is 0 Å². The van der Waals surface area contributed by atoms with Crippen molar-refractivity contribution in [2.75, 3.05) is 4.90 Å². The lowest BCUT2D eigenvalue weighted by Crippen LogP contribution is -2.49. The second-order valence-corrected chi connectivity index (χ2v) is 9.45. The number of fused-ring (bicyclic) bond motifs is 5. The average molecular weight is 454 g/mol. The predicted octanol–water partition coefficient (Wildman–Crippen LogP) is 5.12. The van der Waals surface area contributed by atoms with Gasteiger partial charge in [-0.15, -0.1) is 0 Å². The molecule has 5 nitrogen and oxygen atoms in total. The molecule has 5 heteroatoms. The maximum Gasteiger partial charge on any atom is 0.338 e. The highest BCUT2D eigenvalue weighted by Crippen LogP contribution is 2.56. The summed E-state index contributed by atoms with van der Waals surface area (Å²) in [6, 6.07) is 28.3. The Labute approximate surface area is 199 Å². The van der Waals surface area contributed by atoms with Crippen LogP contribution in [0.4, 0.5) is 5.69 Å². The van der Waals surface area contributed by atoms with Crippen molar-refractivity contribution < 1.29 is 19.1 Å². The number of hydrogen-bond acceptors (Lipinski definition) is 5. The Morgan fingerprint density at radius 2 is 1.03 bits per heavy atom. The Kier molecular flexibility index (Phi) is 5.33. The van der Waals surface area contributed by atoms with E-state index in [1.807, 2.05) is 54.6 Å². The number of carbonyl (C=O) groups is 2. The van der Waals surface area contributed by atoms with E-state index in [1.54, 1.807) is 24.3 Å². The van der Waals surface area contributed by atoms with Crippen LogP contribution in [0.1, 0.15) is 40.0 Å². The third-order valence-electron chi connectivity index (χ3n) is 7.70. The van der Waals surface area contributed by atoms with Gasteiger partial charge in [0.05, 0.1) is 23.2 Å². The molecule has 2 bridgehead atoms. The highest BCUT2D eigenvalue weighted by atomic mass is 16.6. The number of benzene rings is 3. The number of nitrogens with zero attached hydrogens (tertiary/aromatic N) is 1. The van der Waals surface area contributed by atoms with E-state index < -0.39 is 12.2 Å². The van der Waals surface area contributed by atoms with Crippen molar-refractivity contribution in [3.63, 3.8) is 0 Å². The summed E-state index contributed by atoms with van der Waals surface area (Å²) >= 11 is 0. The van der Waals surface area contributed by atoms with Gasteiger partial charge >= 0.3 is 11.9 Å². The lowest BCUT2D eigenvalue weighted by atomic mass is 9.78. The van der Waals surface area contributed by atoms with Gasteiger partial charge in [-0.2, -0.15) is 0 Å². The molecule has 34 heavy (non-hydrogen) atoms. The number of para-hydroxylation sites is 1. The zero-order valence-corrected chi connectivity index (χ0v) is 18.8. The first kappa shape index (κ1) is 21.0. The first-order valence-corrected chi connectivity index (χ1v) is 12.1. The zero-order valence-electron chi connectivity index (χ0n) is 18.8.